The Bertz CT molecular complexity index is 1380. The van der Waals surface area contributed by atoms with Crippen LogP contribution >= 0.6 is 0 Å². The number of hydrogen-bond donors (Lipinski definition) is 3. The molecule has 1 aliphatic rings. The van der Waals surface area contributed by atoms with Gasteiger partial charge in [-0.25, -0.2) is 15.8 Å². The molecule has 1 aliphatic carbocycles. The van der Waals surface area contributed by atoms with Crippen LogP contribution < -0.4 is 16.9 Å². The van der Waals surface area contributed by atoms with E-state index in [1.165, 1.54) is 23.4 Å². The predicted octanol–water partition coefficient (Wildman–Crippen LogP) is 2.38. The van der Waals surface area contributed by atoms with E-state index < -0.39 is 0 Å². The Morgan fingerprint density at radius 1 is 1.24 bits per heavy atom. The lowest BCUT2D eigenvalue weighted by atomic mass is 10.1. The van der Waals surface area contributed by atoms with E-state index in [-0.39, 0.29) is 12.5 Å². The summed E-state index contributed by atoms with van der Waals surface area (Å²) in [6.45, 7) is 4.55. The first-order valence-corrected chi connectivity index (χ1v) is 11.0. The van der Waals surface area contributed by atoms with Gasteiger partial charge in [0.05, 0.1) is 24.3 Å². The van der Waals surface area contributed by atoms with E-state index in [0.717, 1.165) is 28.0 Å². The molecule has 0 bridgehead atoms. The normalized spacial score (nSPS) is 14.2. The Labute approximate surface area is 191 Å². The second kappa shape index (κ2) is 8.25. The van der Waals surface area contributed by atoms with Crippen LogP contribution in [-0.2, 0) is 6.54 Å². The predicted molar refractivity (Wildman–Crippen MR) is 126 cm³/mol. The van der Waals surface area contributed by atoms with Gasteiger partial charge >= 0.3 is 0 Å². The molecule has 5 rings (SSSR count). The Kier molecular flexibility index (Phi) is 5.26. The fraction of sp³-hybridized carbons (Fsp3) is 0.292. The highest BCUT2D eigenvalue weighted by Gasteiger charge is 2.23. The Hall–Kier alpha value is -3.85. The SMILES string of the molecule is Cc1ccn2cnc(C(=O)NC/C(N)=C/N(N)Cc3cn4cc(C5CC5)ccc4n3)c2c1C. The first-order chi connectivity index (χ1) is 15.9. The number of aryl methyl sites for hydroxylation is 2. The van der Waals surface area contributed by atoms with E-state index in [4.69, 9.17) is 11.6 Å². The van der Waals surface area contributed by atoms with Crippen LogP contribution in [0.3, 0.4) is 0 Å². The van der Waals surface area contributed by atoms with E-state index >= 15 is 0 Å². The maximum atomic E-state index is 12.7. The summed E-state index contributed by atoms with van der Waals surface area (Å²) >= 11 is 0. The van der Waals surface area contributed by atoms with Gasteiger partial charge in [-0.1, -0.05) is 6.07 Å². The fourth-order valence-electron chi connectivity index (χ4n) is 4.07. The van der Waals surface area contributed by atoms with Crippen molar-refractivity contribution in [3.8, 4) is 0 Å². The van der Waals surface area contributed by atoms with Gasteiger partial charge in [0.25, 0.3) is 5.91 Å². The number of pyridine rings is 2. The van der Waals surface area contributed by atoms with Crippen molar-refractivity contribution in [2.24, 2.45) is 11.6 Å². The fourth-order valence-corrected chi connectivity index (χ4v) is 4.07. The quantitative estimate of drug-likeness (QED) is 0.297. The number of amides is 1. The van der Waals surface area contributed by atoms with Gasteiger partial charge in [0.2, 0.25) is 0 Å². The maximum Gasteiger partial charge on any atom is 0.272 e. The minimum absolute atomic E-state index is 0.159. The van der Waals surface area contributed by atoms with Gasteiger partial charge in [-0.3, -0.25) is 4.79 Å². The van der Waals surface area contributed by atoms with Gasteiger partial charge in [0.15, 0.2) is 5.69 Å². The number of aromatic nitrogens is 4. The summed E-state index contributed by atoms with van der Waals surface area (Å²) in [5.74, 6) is 6.54. The molecule has 9 nitrogen and oxygen atoms in total. The number of imidazole rings is 2. The third-order valence-electron chi connectivity index (χ3n) is 6.14. The summed E-state index contributed by atoms with van der Waals surface area (Å²) in [4.78, 5) is 21.6. The molecule has 0 atom stereocenters. The number of hydrogen-bond acceptors (Lipinski definition) is 6. The highest BCUT2D eigenvalue weighted by atomic mass is 16.1. The van der Waals surface area contributed by atoms with Crippen molar-refractivity contribution in [3.63, 3.8) is 0 Å². The average molecular weight is 445 g/mol. The Balaban J connectivity index is 1.22. The van der Waals surface area contributed by atoms with Crippen LogP contribution in [0.1, 0.15) is 51.6 Å². The number of hydrazine groups is 1. The summed E-state index contributed by atoms with van der Waals surface area (Å²) in [5.41, 5.74) is 12.9. The lowest BCUT2D eigenvalue weighted by molar-refractivity contribution is 0.0954. The lowest BCUT2D eigenvalue weighted by Gasteiger charge is -2.14. The number of nitrogens with one attached hydrogen (secondary N) is 1. The molecular formula is C24H28N8O. The molecule has 1 amide bonds. The molecular weight excluding hydrogens is 416 g/mol. The molecule has 0 saturated heterocycles. The molecule has 1 saturated carbocycles. The van der Waals surface area contributed by atoms with Crippen molar-refractivity contribution in [1.29, 1.82) is 0 Å². The van der Waals surface area contributed by atoms with Gasteiger partial charge in [-0.05, 0) is 61.4 Å². The highest BCUT2D eigenvalue weighted by Crippen LogP contribution is 2.39. The summed E-state index contributed by atoms with van der Waals surface area (Å²) in [5, 5.41) is 4.30. The number of nitrogens with zero attached hydrogens (tertiary/aromatic N) is 5. The molecule has 5 N–H and O–H groups in total. The zero-order valence-corrected chi connectivity index (χ0v) is 18.8. The Morgan fingerprint density at radius 3 is 2.85 bits per heavy atom. The van der Waals surface area contributed by atoms with Crippen LogP contribution in [-0.4, -0.2) is 36.2 Å². The molecule has 0 aliphatic heterocycles. The van der Waals surface area contributed by atoms with Gasteiger partial charge < -0.3 is 24.9 Å². The van der Waals surface area contributed by atoms with E-state index in [0.29, 0.717) is 23.9 Å². The van der Waals surface area contributed by atoms with Gasteiger partial charge in [-0.2, -0.15) is 0 Å². The maximum absolute atomic E-state index is 12.7. The van der Waals surface area contributed by atoms with Gasteiger partial charge in [0.1, 0.15) is 12.0 Å². The van der Waals surface area contributed by atoms with Crippen molar-refractivity contribution in [2.75, 3.05) is 6.54 Å². The monoisotopic (exact) mass is 444 g/mol. The third kappa shape index (κ3) is 4.27. The molecule has 0 radical (unpaired) electrons. The molecule has 0 aromatic carbocycles. The minimum atomic E-state index is -0.280. The zero-order valence-electron chi connectivity index (χ0n) is 18.8. The molecule has 0 unspecified atom stereocenters. The number of rotatable bonds is 7. The van der Waals surface area contributed by atoms with E-state index in [9.17, 15) is 4.79 Å². The topological polar surface area (TPSA) is 119 Å². The van der Waals surface area contributed by atoms with Crippen LogP contribution in [0.25, 0.3) is 11.2 Å². The van der Waals surface area contributed by atoms with E-state index in [1.807, 2.05) is 47.2 Å². The van der Waals surface area contributed by atoms with Gasteiger partial charge in [-0.15, -0.1) is 0 Å². The summed E-state index contributed by atoms with van der Waals surface area (Å²) in [6, 6.07) is 6.19. The van der Waals surface area contributed by atoms with Crippen molar-refractivity contribution in [3.05, 3.63) is 83.1 Å². The second-order valence-electron chi connectivity index (χ2n) is 8.77. The summed E-state index contributed by atoms with van der Waals surface area (Å²) in [7, 11) is 0. The van der Waals surface area contributed by atoms with Crippen LogP contribution in [0, 0.1) is 13.8 Å². The average Bonchev–Trinajstić information content (AvgIpc) is 3.42. The minimum Gasteiger partial charge on any atom is -0.399 e. The molecule has 4 aromatic heterocycles. The molecule has 4 aromatic rings. The molecule has 9 heteroatoms. The summed E-state index contributed by atoms with van der Waals surface area (Å²) < 4.78 is 3.89. The van der Waals surface area contributed by atoms with Crippen molar-refractivity contribution in [2.45, 2.75) is 39.2 Å². The van der Waals surface area contributed by atoms with Crippen LogP contribution in [0.15, 0.2) is 55.0 Å². The number of carbonyl (C=O) groups excluding carboxylic acids is 1. The molecule has 0 spiro atoms. The van der Waals surface area contributed by atoms with Crippen LogP contribution in [0.4, 0.5) is 0 Å². The first kappa shape index (κ1) is 21.0. The van der Waals surface area contributed by atoms with E-state index in [1.54, 1.807) is 12.5 Å². The molecule has 33 heavy (non-hydrogen) atoms. The first-order valence-electron chi connectivity index (χ1n) is 11.0. The largest absolute Gasteiger partial charge is 0.399 e. The number of fused-ring (bicyclic) bond motifs is 2. The lowest BCUT2D eigenvalue weighted by Crippen LogP contribution is -2.31. The van der Waals surface area contributed by atoms with E-state index in [2.05, 4.69) is 27.5 Å². The van der Waals surface area contributed by atoms with Gasteiger partial charge in [0, 0.05) is 30.5 Å². The second-order valence-corrected chi connectivity index (χ2v) is 8.77. The van der Waals surface area contributed by atoms with Crippen LogP contribution in [0.2, 0.25) is 0 Å². The Morgan fingerprint density at radius 2 is 2.06 bits per heavy atom. The smallest absolute Gasteiger partial charge is 0.272 e. The molecule has 4 heterocycles. The third-order valence-corrected chi connectivity index (χ3v) is 6.14. The van der Waals surface area contributed by atoms with Crippen molar-refractivity contribution < 1.29 is 4.79 Å². The number of carbonyl (C=O) groups is 1. The highest BCUT2D eigenvalue weighted by molar-refractivity contribution is 6.00. The molecule has 1 fully saturated rings. The van der Waals surface area contributed by atoms with Crippen molar-refractivity contribution >= 4 is 17.1 Å². The molecule has 170 valence electrons. The summed E-state index contributed by atoms with van der Waals surface area (Å²) in [6.07, 6.45) is 11.8. The zero-order chi connectivity index (χ0) is 23.1. The van der Waals surface area contributed by atoms with Crippen LogP contribution in [0.5, 0.6) is 0 Å². The standard InChI is InChI=1S/C24H28N8O/c1-15-7-8-30-14-28-22(23(30)16(15)2)24(33)27-9-19(25)11-32(26)13-20-12-31-10-18(17-3-4-17)5-6-21(31)29-20/h5-8,10-12,14,17H,3-4,9,13,25-26H2,1-2H3,(H,27,33)/b19-11-. The van der Waals surface area contributed by atoms with Crippen molar-refractivity contribution in [1.82, 2.24) is 29.1 Å². The number of nitrogens with two attached hydrogens (primary N) is 2.